The fourth-order valence-corrected chi connectivity index (χ4v) is 1.24. The third-order valence-electron chi connectivity index (χ3n) is 2.14. The first-order chi connectivity index (χ1) is 9.06. The van der Waals surface area contributed by atoms with Crippen LogP contribution in [0.1, 0.15) is 0 Å². The molecule has 2 aromatic rings. The summed E-state index contributed by atoms with van der Waals surface area (Å²) >= 11 is 0. The quantitative estimate of drug-likeness (QED) is 0.682. The molecule has 0 radical (unpaired) electrons. The van der Waals surface area contributed by atoms with Crippen LogP contribution in [-0.4, -0.2) is 48.7 Å². The number of nitrogens with zero attached hydrogens (tertiary/aromatic N) is 5. The number of imidazole rings is 1. The average Bonchev–Trinajstić information content (AvgIpc) is 2.89. The molecule has 2 aromatic heterocycles. The van der Waals surface area contributed by atoms with E-state index in [1.165, 1.54) is 17.1 Å². The van der Waals surface area contributed by atoms with E-state index in [1.54, 1.807) is 6.20 Å². The fraction of sp³-hybridized carbons (Fsp3) is 0.333. The molecular formula is C9H11F2N7O. The Morgan fingerprint density at radius 2 is 2.16 bits per heavy atom. The number of nitrogen functional groups attached to an aromatic ring is 1. The van der Waals surface area contributed by atoms with E-state index in [2.05, 4.69) is 25.3 Å². The summed E-state index contributed by atoms with van der Waals surface area (Å²) in [5.41, 5.74) is 5.49. The van der Waals surface area contributed by atoms with E-state index in [1.807, 2.05) is 0 Å². The number of halogens is 2. The monoisotopic (exact) mass is 271 g/mol. The first-order valence-electron chi connectivity index (χ1n) is 5.26. The number of aromatic nitrogens is 5. The molecule has 0 saturated heterocycles. The highest BCUT2D eigenvalue weighted by molar-refractivity contribution is 5.35. The van der Waals surface area contributed by atoms with Crippen LogP contribution >= 0.6 is 0 Å². The lowest BCUT2D eigenvalue weighted by Gasteiger charge is -2.11. The first-order valence-corrected chi connectivity index (χ1v) is 5.26. The summed E-state index contributed by atoms with van der Waals surface area (Å²) in [6, 6.07) is 0. The molecule has 1 atom stereocenters. The van der Waals surface area contributed by atoms with Gasteiger partial charge in [-0.3, -0.25) is 4.57 Å². The molecule has 0 aromatic carbocycles. The Kier molecular flexibility index (Phi) is 3.80. The van der Waals surface area contributed by atoms with Crippen LogP contribution in [0, 0.1) is 0 Å². The van der Waals surface area contributed by atoms with E-state index in [4.69, 9.17) is 10.8 Å². The minimum atomic E-state index is -2.85. The van der Waals surface area contributed by atoms with Gasteiger partial charge in [0.05, 0.1) is 0 Å². The maximum atomic E-state index is 12.1. The van der Waals surface area contributed by atoms with E-state index >= 15 is 0 Å². The Morgan fingerprint density at radius 3 is 2.79 bits per heavy atom. The van der Waals surface area contributed by atoms with Crippen molar-refractivity contribution in [2.75, 3.05) is 17.6 Å². The highest BCUT2D eigenvalue weighted by Gasteiger charge is 2.17. The van der Waals surface area contributed by atoms with Crippen molar-refractivity contribution in [1.82, 2.24) is 24.5 Å². The van der Waals surface area contributed by atoms with Gasteiger partial charge in [0, 0.05) is 18.9 Å². The molecule has 0 aliphatic heterocycles. The first kappa shape index (κ1) is 13.1. The van der Waals surface area contributed by atoms with Gasteiger partial charge < -0.3 is 16.2 Å². The molecule has 0 fully saturated rings. The number of rotatable bonds is 5. The molecule has 2 heterocycles. The van der Waals surface area contributed by atoms with Gasteiger partial charge in [-0.2, -0.15) is 15.0 Å². The highest BCUT2D eigenvalue weighted by atomic mass is 19.3. The minimum Gasteiger partial charge on any atom is -0.385 e. The van der Waals surface area contributed by atoms with Crippen LogP contribution in [0.3, 0.4) is 0 Å². The molecule has 1 unspecified atom stereocenters. The number of nitrogens with two attached hydrogens (primary N) is 1. The summed E-state index contributed by atoms with van der Waals surface area (Å²) in [6.45, 7) is -0.398. The number of aliphatic hydroxyl groups excluding tert-OH is 1. The third-order valence-corrected chi connectivity index (χ3v) is 2.14. The molecule has 0 spiro atoms. The van der Waals surface area contributed by atoms with Gasteiger partial charge in [0.2, 0.25) is 17.8 Å². The van der Waals surface area contributed by atoms with Gasteiger partial charge in [0.25, 0.3) is 6.43 Å². The molecule has 0 bridgehead atoms. The zero-order chi connectivity index (χ0) is 13.8. The number of aliphatic hydroxyl groups is 1. The number of anilines is 2. The number of nitrogens with one attached hydrogen (secondary N) is 1. The summed E-state index contributed by atoms with van der Waals surface area (Å²) in [5.74, 6) is 0.114. The van der Waals surface area contributed by atoms with Gasteiger partial charge in [-0.15, -0.1) is 0 Å². The second-order valence-electron chi connectivity index (χ2n) is 3.57. The molecule has 102 valence electrons. The summed E-state index contributed by atoms with van der Waals surface area (Å²) in [6.07, 6.45) is -0.0956. The lowest BCUT2D eigenvalue weighted by atomic mass is 10.4. The standard InChI is InChI=1S/C9H11F2N7O/c10-6(11)5(19)3-14-8-15-7(12)16-9(17-8)18-2-1-13-4-18/h1-2,4-6,19H,3H2,(H3,12,14,15,16,17). The lowest BCUT2D eigenvalue weighted by molar-refractivity contribution is 0.00376. The maximum Gasteiger partial charge on any atom is 0.265 e. The Labute approximate surface area is 106 Å². The third kappa shape index (κ3) is 3.31. The van der Waals surface area contributed by atoms with Crippen LogP contribution in [0.15, 0.2) is 18.7 Å². The summed E-state index contributed by atoms with van der Waals surface area (Å²) in [5, 5.41) is 11.4. The summed E-state index contributed by atoms with van der Waals surface area (Å²) in [4.78, 5) is 15.4. The zero-order valence-corrected chi connectivity index (χ0v) is 9.61. The second kappa shape index (κ2) is 5.52. The van der Waals surface area contributed by atoms with E-state index < -0.39 is 19.1 Å². The topological polar surface area (TPSA) is 115 Å². The van der Waals surface area contributed by atoms with E-state index in [0.29, 0.717) is 0 Å². The number of alkyl halides is 2. The SMILES string of the molecule is Nc1nc(NCC(O)C(F)F)nc(-n2ccnc2)n1. The van der Waals surface area contributed by atoms with Crippen molar-refractivity contribution in [3.8, 4) is 5.95 Å². The van der Waals surface area contributed by atoms with Gasteiger partial charge in [-0.25, -0.2) is 13.8 Å². The molecule has 0 saturated carbocycles. The van der Waals surface area contributed by atoms with Gasteiger partial charge in [-0.05, 0) is 0 Å². The van der Waals surface area contributed by atoms with Crippen molar-refractivity contribution in [3.63, 3.8) is 0 Å². The zero-order valence-electron chi connectivity index (χ0n) is 9.61. The van der Waals surface area contributed by atoms with Gasteiger partial charge in [-0.1, -0.05) is 0 Å². The fourth-order valence-electron chi connectivity index (χ4n) is 1.24. The minimum absolute atomic E-state index is 0.00380. The molecule has 2 rings (SSSR count). The van der Waals surface area contributed by atoms with E-state index in [0.717, 1.165) is 0 Å². The van der Waals surface area contributed by atoms with Crippen molar-refractivity contribution in [3.05, 3.63) is 18.7 Å². The summed E-state index contributed by atoms with van der Waals surface area (Å²) in [7, 11) is 0. The molecular weight excluding hydrogens is 260 g/mol. The molecule has 0 amide bonds. The average molecular weight is 271 g/mol. The Hall–Kier alpha value is -2.36. The van der Waals surface area contributed by atoms with Crippen LogP contribution in [-0.2, 0) is 0 Å². The Balaban J connectivity index is 2.13. The number of hydrogen-bond acceptors (Lipinski definition) is 7. The van der Waals surface area contributed by atoms with Crippen LogP contribution in [0.4, 0.5) is 20.7 Å². The Morgan fingerprint density at radius 1 is 1.37 bits per heavy atom. The second-order valence-corrected chi connectivity index (χ2v) is 3.57. The molecule has 4 N–H and O–H groups in total. The molecule has 10 heteroatoms. The summed E-state index contributed by atoms with van der Waals surface area (Å²) < 4.78 is 25.7. The smallest absolute Gasteiger partial charge is 0.265 e. The maximum absolute atomic E-state index is 12.1. The van der Waals surface area contributed by atoms with Crippen LogP contribution in [0.25, 0.3) is 5.95 Å². The van der Waals surface area contributed by atoms with Gasteiger partial charge in [0.1, 0.15) is 12.4 Å². The van der Waals surface area contributed by atoms with Crippen LogP contribution in [0.2, 0.25) is 0 Å². The van der Waals surface area contributed by atoms with E-state index in [9.17, 15) is 8.78 Å². The van der Waals surface area contributed by atoms with Crippen LogP contribution < -0.4 is 11.1 Å². The molecule has 0 aliphatic carbocycles. The van der Waals surface area contributed by atoms with E-state index in [-0.39, 0.29) is 17.8 Å². The van der Waals surface area contributed by atoms with Crippen molar-refractivity contribution < 1.29 is 13.9 Å². The molecule has 19 heavy (non-hydrogen) atoms. The van der Waals surface area contributed by atoms with Gasteiger partial charge >= 0.3 is 0 Å². The van der Waals surface area contributed by atoms with Crippen molar-refractivity contribution in [1.29, 1.82) is 0 Å². The largest absolute Gasteiger partial charge is 0.385 e. The Bertz CT molecular complexity index is 533. The molecule has 8 nitrogen and oxygen atoms in total. The normalized spacial score (nSPS) is 12.6. The number of hydrogen-bond donors (Lipinski definition) is 3. The predicted octanol–water partition coefficient (Wildman–Crippen LogP) is -0.323. The lowest BCUT2D eigenvalue weighted by Crippen LogP contribution is -2.27. The van der Waals surface area contributed by atoms with Crippen LogP contribution in [0.5, 0.6) is 0 Å². The molecule has 0 aliphatic rings. The highest BCUT2D eigenvalue weighted by Crippen LogP contribution is 2.08. The van der Waals surface area contributed by atoms with Crippen molar-refractivity contribution in [2.45, 2.75) is 12.5 Å². The van der Waals surface area contributed by atoms with Crippen molar-refractivity contribution >= 4 is 11.9 Å². The predicted molar refractivity (Wildman–Crippen MR) is 61.9 cm³/mol. The van der Waals surface area contributed by atoms with Gasteiger partial charge in [0.15, 0.2) is 0 Å². The van der Waals surface area contributed by atoms with Crippen molar-refractivity contribution in [2.24, 2.45) is 0 Å².